The molecule has 2 aliphatic rings. The van der Waals surface area contributed by atoms with Gasteiger partial charge in [-0.05, 0) is 68.1 Å². The Balaban J connectivity index is 1.46. The number of likely N-dealkylation sites (tertiary alicyclic amines) is 1. The number of nitrogens with zero attached hydrogens (tertiary/aromatic N) is 2. The molecule has 2 fully saturated rings. The van der Waals surface area contributed by atoms with Crippen LogP contribution in [0.3, 0.4) is 0 Å². The summed E-state index contributed by atoms with van der Waals surface area (Å²) >= 11 is 0. The molecule has 170 valence electrons. The Morgan fingerprint density at radius 1 is 1.00 bits per heavy atom. The average Bonchev–Trinajstić information content (AvgIpc) is 3.47. The summed E-state index contributed by atoms with van der Waals surface area (Å²) in [5.74, 6) is -0.687. The van der Waals surface area contributed by atoms with Crippen molar-refractivity contribution in [2.75, 3.05) is 25.0 Å². The number of sulfonamides is 1. The summed E-state index contributed by atoms with van der Waals surface area (Å²) in [6.45, 7) is 2.40. The highest BCUT2D eigenvalue weighted by atomic mass is 32.2. The molecule has 2 heterocycles. The van der Waals surface area contributed by atoms with Crippen molar-refractivity contribution in [3.8, 4) is 0 Å². The fourth-order valence-electron chi connectivity index (χ4n) is 4.40. The van der Waals surface area contributed by atoms with Crippen LogP contribution in [0.15, 0.2) is 53.4 Å². The van der Waals surface area contributed by atoms with Crippen LogP contribution in [0.4, 0.5) is 5.69 Å². The van der Waals surface area contributed by atoms with Gasteiger partial charge in [-0.3, -0.25) is 14.5 Å². The maximum Gasteiger partial charge on any atom is 0.255 e. The van der Waals surface area contributed by atoms with Gasteiger partial charge >= 0.3 is 0 Å². The summed E-state index contributed by atoms with van der Waals surface area (Å²) in [5.41, 5.74) is 7.35. The van der Waals surface area contributed by atoms with Crippen LogP contribution in [-0.4, -0.2) is 55.1 Å². The summed E-state index contributed by atoms with van der Waals surface area (Å²) < 4.78 is 27.1. The number of carbonyl (C=O) groups is 2. The topological polar surface area (TPSA) is 113 Å². The fourth-order valence-corrected chi connectivity index (χ4v) is 5.96. The predicted octanol–water partition coefficient (Wildman–Crippen LogP) is 2.17. The highest BCUT2D eigenvalue weighted by molar-refractivity contribution is 7.89. The zero-order valence-electron chi connectivity index (χ0n) is 17.9. The number of benzene rings is 2. The number of rotatable bonds is 7. The normalized spacial score (nSPS) is 19.8. The molecule has 32 heavy (non-hydrogen) atoms. The van der Waals surface area contributed by atoms with E-state index in [0.29, 0.717) is 25.3 Å². The first-order valence-electron chi connectivity index (χ1n) is 10.9. The minimum atomic E-state index is -3.59. The molecule has 0 bridgehead atoms. The molecule has 0 radical (unpaired) electrons. The van der Waals surface area contributed by atoms with E-state index in [-0.39, 0.29) is 28.3 Å². The molecule has 2 aliphatic heterocycles. The van der Waals surface area contributed by atoms with Crippen molar-refractivity contribution in [1.82, 2.24) is 9.21 Å². The van der Waals surface area contributed by atoms with Crippen molar-refractivity contribution in [3.05, 3.63) is 59.7 Å². The third kappa shape index (κ3) is 4.85. The third-order valence-corrected chi connectivity index (χ3v) is 7.96. The van der Waals surface area contributed by atoms with Gasteiger partial charge in [-0.15, -0.1) is 0 Å². The smallest absolute Gasteiger partial charge is 0.255 e. The molecule has 0 spiro atoms. The Morgan fingerprint density at radius 3 is 2.50 bits per heavy atom. The van der Waals surface area contributed by atoms with Gasteiger partial charge < -0.3 is 11.1 Å². The lowest BCUT2D eigenvalue weighted by Gasteiger charge is -2.22. The number of hydrogen-bond donors (Lipinski definition) is 2. The molecule has 2 amide bonds. The van der Waals surface area contributed by atoms with Gasteiger partial charge in [-0.25, -0.2) is 8.42 Å². The molecular formula is C23H28N4O4S. The van der Waals surface area contributed by atoms with Gasteiger partial charge in [-0.1, -0.05) is 18.2 Å². The van der Waals surface area contributed by atoms with Crippen LogP contribution in [-0.2, 0) is 21.4 Å². The first kappa shape index (κ1) is 22.4. The van der Waals surface area contributed by atoms with E-state index in [1.54, 1.807) is 18.2 Å². The molecule has 0 aromatic heterocycles. The molecule has 2 aromatic carbocycles. The lowest BCUT2D eigenvalue weighted by atomic mass is 10.1. The monoisotopic (exact) mass is 456 g/mol. The van der Waals surface area contributed by atoms with Crippen LogP contribution in [0.2, 0.25) is 0 Å². The van der Waals surface area contributed by atoms with Crippen LogP contribution in [0.5, 0.6) is 0 Å². The fraction of sp³-hybridized carbons (Fsp3) is 0.391. The number of primary amides is 1. The van der Waals surface area contributed by atoms with E-state index >= 15 is 0 Å². The van der Waals surface area contributed by atoms with Gasteiger partial charge in [0.25, 0.3) is 5.91 Å². The van der Waals surface area contributed by atoms with Crippen LogP contribution in [0, 0.1) is 0 Å². The van der Waals surface area contributed by atoms with Crippen molar-refractivity contribution in [2.45, 2.75) is 43.2 Å². The molecule has 8 nitrogen and oxygen atoms in total. The van der Waals surface area contributed by atoms with Crippen LogP contribution in [0.1, 0.15) is 41.6 Å². The van der Waals surface area contributed by atoms with Gasteiger partial charge in [0.05, 0.1) is 10.9 Å². The molecule has 0 aliphatic carbocycles. The van der Waals surface area contributed by atoms with Gasteiger partial charge in [0.15, 0.2) is 0 Å². The second kappa shape index (κ2) is 9.40. The first-order chi connectivity index (χ1) is 15.3. The largest absolute Gasteiger partial charge is 0.368 e. The molecule has 1 atom stereocenters. The number of carbonyl (C=O) groups excluding carboxylic acids is 2. The van der Waals surface area contributed by atoms with Crippen molar-refractivity contribution in [2.24, 2.45) is 5.73 Å². The minimum Gasteiger partial charge on any atom is -0.368 e. The number of nitrogens with two attached hydrogens (primary N) is 1. The van der Waals surface area contributed by atoms with E-state index in [2.05, 4.69) is 10.2 Å². The van der Waals surface area contributed by atoms with E-state index in [1.807, 2.05) is 18.2 Å². The molecule has 0 saturated carbocycles. The van der Waals surface area contributed by atoms with E-state index in [4.69, 9.17) is 5.73 Å². The summed E-state index contributed by atoms with van der Waals surface area (Å²) in [6, 6.07) is 13.3. The lowest BCUT2D eigenvalue weighted by molar-refractivity contribution is -0.122. The SMILES string of the molecule is NC(=O)[C@@H]1CCCN1Cc1cccc(NC(=O)c2cccc(S(=O)(=O)N3CCCC3)c2)c1. The summed E-state index contributed by atoms with van der Waals surface area (Å²) in [5, 5.41) is 2.85. The molecule has 4 rings (SSSR count). The Hall–Kier alpha value is -2.75. The van der Waals surface area contributed by atoms with Crippen molar-refractivity contribution < 1.29 is 18.0 Å². The Labute approximate surface area is 188 Å². The Bertz CT molecular complexity index is 1110. The van der Waals surface area contributed by atoms with Gasteiger partial charge in [0, 0.05) is 30.9 Å². The summed E-state index contributed by atoms with van der Waals surface area (Å²) in [4.78, 5) is 26.6. The van der Waals surface area contributed by atoms with Crippen molar-refractivity contribution in [3.63, 3.8) is 0 Å². The molecule has 0 unspecified atom stereocenters. The zero-order valence-corrected chi connectivity index (χ0v) is 18.7. The zero-order chi connectivity index (χ0) is 22.7. The number of hydrogen-bond acceptors (Lipinski definition) is 5. The van der Waals surface area contributed by atoms with E-state index in [9.17, 15) is 18.0 Å². The van der Waals surface area contributed by atoms with E-state index in [0.717, 1.165) is 37.8 Å². The minimum absolute atomic E-state index is 0.132. The van der Waals surface area contributed by atoms with Crippen molar-refractivity contribution in [1.29, 1.82) is 0 Å². The summed E-state index contributed by atoms with van der Waals surface area (Å²) in [7, 11) is -3.59. The number of nitrogens with one attached hydrogen (secondary N) is 1. The maximum absolute atomic E-state index is 12.8. The Kier molecular flexibility index (Phi) is 6.59. The summed E-state index contributed by atoms with van der Waals surface area (Å²) in [6.07, 6.45) is 3.41. The predicted molar refractivity (Wildman–Crippen MR) is 121 cm³/mol. The highest BCUT2D eigenvalue weighted by Crippen LogP contribution is 2.23. The second-order valence-corrected chi connectivity index (χ2v) is 10.3. The average molecular weight is 457 g/mol. The lowest BCUT2D eigenvalue weighted by Crippen LogP contribution is -2.39. The standard InChI is InChI=1S/C23H28N4O4S/c24-22(28)21-10-5-11-26(21)16-17-6-3-8-19(14-17)25-23(29)18-7-4-9-20(15-18)32(30,31)27-12-1-2-13-27/h3-4,6-9,14-15,21H,1-2,5,10-13,16H2,(H2,24,28)(H,25,29)/t21-/m0/s1. The van der Waals surface area contributed by atoms with Gasteiger partial charge in [0.2, 0.25) is 15.9 Å². The molecular weight excluding hydrogens is 428 g/mol. The van der Waals surface area contributed by atoms with Crippen molar-refractivity contribution >= 4 is 27.5 Å². The first-order valence-corrected chi connectivity index (χ1v) is 12.3. The molecule has 3 N–H and O–H groups in total. The Morgan fingerprint density at radius 2 is 1.75 bits per heavy atom. The number of amides is 2. The third-order valence-electron chi connectivity index (χ3n) is 6.06. The highest BCUT2D eigenvalue weighted by Gasteiger charge is 2.29. The van der Waals surface area contributed by atoms with Crippen LogP contribution in [0.25, 0.3) is 0 Å². The maximum atomic E-state index is 12.8. The van der Waals surface area contributed by atoms with Gasteiger partial charge in [-0.2, -0.15) is 4.31 Å². The van der Waals surface area contributed by atoms with E-state index < -0.39 is 10.0 Å². The van der Waals surface area contributed by atoms with Gasteiger partial charge in [0.1, 0.15) is 0 Å². The molecule has 9 heteroatoms. The van der Waals surface area contributed by atoms with E-state index in [1.165, 1.54) is 16.4 Å². The quantitative estimate of drug-likeness (QED) is 0.663. The second-order valence-electron chi connectivity index (χ2n) is 8.32. The number of anilines is 1. The van der Waals surface area contributed by atoms with Crippen LogP contribution >= 0.6 is 0 Å². The molecule has 2 saturated heterocycles. The molecule has 2 aromatic rings. The van der Waals surface area contributed by atoms with Crippen LogP contribution < -0.4 is 11.1 Å².